The highest BCUT2D eigenvalue weighted by Gasteiger charge is 2.35. The van der Waals surface area contributed by atoms with Gasteiger partial charge >= 0.3 is 0 Å². The molecule has 2 atom stereocenters. The summed E-state index contributed by atoms with van der Waals surface area (Å²) in [7, 11) is 0. The molecule has 1 saturated carbocycles. The van der Waals surface area contributed by atoms with E-state index in [1.807, 2.05) is 27.0 Å². The Morgan fingerprint density at radius 3 is 2.64 bits per heavy atom. The van der Waals surface area contributed by atoms with Crippen LogP contribution in [-0.4, -0.2) is 29.4 Å². The minimum atomic E-state index is -0.589. The standard InChI is InChI=1S/C15H24N4O2S/c1-8(2)12(16)14(21)17-7-11(20)19-13(10-4-5-10)15-18-6-9(3)22-15/h6,8,10,12-13H,4-5,7,16H2,1-3H3,(H,17,21)(H,19,20)/t12-,13?/m0/s1. The number of thiazole rings is 1. The molecule has 0 radical (unpaired) electrons. The van der Waals surface area contributed by atoms with Crippen molar-refractivity contribution in [1.82, 2.24) is 15.6 Å². The van der Waals surface area contributed by atoms with E-state index < -0.39 is 6.04 Å². The molecule has 0 bridgehead atoms. The molecule has 0 aromatic carbocycles. The molecule has 1 fully saturated rings. The lowest BCUT2D eigenvalue weighted by atomic mass is 10.1. The van der Waals surface area contributed by atoms with Crippen LogP contribution in [0.15, 0.2) is 6.20 Å². The van der Waals surface area contributed by atoms with E-state index in [2.05, 4.69) is 15.6 Å². The predicted molar refractivity (Wildman–Crippen MR) is 86.3 cm³/mol. The number of aryl methyl sites for hydroxylation is 1. The molecule has 1 aromatic heterocycles. The van der Waals surface area contributed by atoms with Crippen LogP contribution >= 0.6 is 11.3 Å². The van der Waals surface area contributed by atoms with Gasteiger partial charge in [-0.05, 0) is 31.6 Å². The van der Waals surface area contributed by atoms with Crippen LogP contribution in [0.1, 0.15) is 42.6 Å². The molecule has 6 nitrogen and oxygen atoms in total. The second-order valence-corrected chi connectivity index (χ2v) is 7.45. The third-order valence-electron chi connectivity index (χ3n) is 3.76. The lowest BCUT2D eigenvalue weighted by Gasteiger charge is -2.18. The van der Waals surface area contributed by atoms with E-state index in [1.165, 1.54) is 0 Å². The quantitative estimate of drug-likeness (QED) is 0.700. The second-order valence-electron chi connectivity index (χ2n) is 6.18. The van der Waals surface area contributed by atoms with Crippen molar-refractivity contribution >= 4 is 23.2 Å². The fraction of sp³-hybridized carbons (Fsp3) is 0.667. The van der Waals surface area contributed by atoms with E-state index in [0.717, 1.165) is 22.7 Å². The van der Waals surface area contributed by atoms with Crippen LogP contribution in [0.4, 0.5) is 0 Å². The van der Waals surface area contributed by atoms with Gasteiger partial charge in [0, 0.05) is 11.1 Å². The molecule has 1 aliphatic carbocycles. The van der Waals surface area contributed by atoms with Crippen LogP contribution in [-0.2, 0) is 9.59 Å². The molecule has 122 valence electrons. The lowest BCUT2D eigenvalue weighted by Crippen LogP contribution is -2.47. The molecule has 0 aliphatic heterocycles. The van der Waals surface area contributed by atoms with Gasteiger partial charge in [0.2, 0.25) is 11.8 Å². The average molecular weight is 324 g/mol. The summed E-state index contributed by atoms with van der Waals surface area (Å²) in [5.74, 6) is 0.0102. The molecule has 4 N–H and O–H groups in total. The fourth-order valence-electron chi connectivity index (χ4n) is 2.14. The Hall–Kier alpha value is -1.47. The van der Waals surface area contributed by atoms with Gasteiger partial charge in [-0.25, -0.2) is 4.98 Å². The largest absolute Gasteiger partial charge is 0.346 e. The zero-order valence-electron chi connectivity index (χ0n) is 13.3. The van der Waals surface area contributed by atoms with Crippen molar-refractivity contribution in [2.75, 3.05) is 6.54 Å². The maximum Gasteiger partial charge on any atom is 0.239 e. The van der Waals surface area contributed by atoms with Crippen LogP contribution < -0.4 is 16.4 Å². The van der Waals surface area contributed by atoms with E-state index in [-0.39, 0.29) is 30.3 Å². The third kappa shape index (κ3) is 4.51. The molecule has 1 heterocycles. The number of amides is 2. The van der Waals surface area contributed by atoms with Crippen LogP contribution in [0.5, 0.6) is 0 Å². The summed E-state index contributed by atoms with van der Waals surface area (Å²) in [5, 5.41) is 6.52. The number of rotatable bonds is 7. The molecule has 1 aromatic rings. The van der Waals surface area contributed by atoms with Gasteiger partial charge in [-0.3, -0.25) is 9.59 Å². The van der Waals surface area contributed by atoms with Crippen molar-refractivity contribution in [3.05, 3.63) is 16.1 Å². The third-order valence-corrected chi connectivity index (χ3v) is 4.76. The number of carbonyl (C=O) groups is 2. The van der Waals surface area contributed by atoms with Gasteiger partial charge in [0.05, 0.1) is 18.6 Å². The maximum absolute atomic E-state index is 12.1. The molecule has 7 heteroatoms. The van der Waals surface area contributed by atoms with Crippen molar-refractivity contribution in [2.24, 2.45) is 17.6 Å². The maximum atomic E-state index is 12.1. The topological polar surface area (TPSA) is 97.1 Å². The van der Waals surface area contributed by atoms with Gasteiger partial charge in [0.1, 0.15) is 5.01 Å². The van der Waals surface area contributed by atoms with Gasteiger partial charge in [-0.2, -0.15) is 0 Å². The first-order chi connectivity index (χ1) is 10.4. The van der Waals surface area contributed by atoms with E-state index in [0.29, 0.717) is 5.92 Å². The fourth-order valence-corrected chi connectivity index (χ4v) is 3.06. The van der Waals surface area contributed by atoms with Gasteiger partial charge in [-0.1, -0.05) is 13.8 Å². The normalized spacial score (nSPS) is 17.1. The Morgan fingerprint density at radius 1 is 1.45 bits per heavy atom. The SMILES string of the molecule is Cc1cnc(C(NC(=O)CNC(=O)[C@@H](N)C(C)C)C2CC2)s1. The van der Waals surface area contributed by atoms with Crippen LogP contribution in [0, 0.1) is 18.8 Å². The lowest BCUT2D eigenvalue weighted by molar-refractivity contribution is -0.127. The van der Waals surface area contributed by atoms with Gasteiger partial charge in [0.15, 0.2) is 0 Å². The highest BCUT2D eigenvalue weighted by molar-refractivity contribution is 7.11. The molecule has 22 heavy (non-hydrogen) atoms. The van der Waals surface area contributed by atoms with E-state index in [1.54, 1.807) is 11.3 Å². The highest BCUT2D eigenvalue weighted by atomic mass is 32.1. The Morgan fingerprint density at radius 2 is 2.14 bits per heavy atom. The summed E-state index contributed by atoms with van der Waals surface area (Å²) in [6.07, 6.45) is 4.04. The molecule has 0 saturated heterocycles. The Bertz CT molecular complexity index is 539. The summed E-state index contributed by atoms with van der Waals surface area (Å²) in [6, 6.07) is -0.629. The first-order valence-corrected chi connectivity index (χ1v) is 8.45. The molecule has 1 aliphatic rings. The minimum absolute atomic E-state index is 0.0399. The first-order valence-electron chi connectivity index (χ1n) is 7.63. The molecular weight excluding hydrogens is 300 g/mol. The Labute approximate surface area is 134 Å². The second kappa shape index (κ2) is 7.19. The van der Waals surface area contributed by atoms with E-state index >= 15 is 0 Å². The number of nitrogens with one attached hydrogen (secondary N) is 2. The summed E-state index contributed by atoms with van der Waals surface area (Å²) in [4.78, 5) is 29.3. The minimum Gasteiger partial charge on any atom is -0.346 e. The number of aromatic nitrogens is 1. The number of nitrogens with two attached hydrogens (primary N) is 1. The predicted octanol–water partition coefficient (Wildman–Crippen LogP) is 1.12. The van der Waals surface area contributed by atoms with E-state index in [4.69, 9.17) is 5.73 Å². The Kier molecular flexibility index (Phi) is 5.52. The molecule has 2 amide bonds. The number of hydrogen-bond donors (Lipinski definition) is 3. The van der Waals surface area contributed by atoms with Gasteiger partial charge in [-0.15, -0.1) is 11.3 Å². The van der Waals surface area contributed by atoms with Crippen LogP contribution in [0.2, 0.25) is 0 Å². The number of nitrogens with zero attached hydrogens (tertiary/aromatic N) is 1. The van der Waals surface area contributed by atoms with Crippen molar-refractivity contribution in [3.63, 3.8) is 0 Å². The van der Waals surface area contributed by atoms with Gasteiger partial charge < -0.3 is 16.4 Å². The number of hydrogen-bond acceptors (Lipinski definition) is 5. The Balaban J connectivity index is 1.86. The zero-order chi connectivity index (χ0) is 16.3. The van der Waals surface area contributed by atoms with Gasteiger partial charge in [0.25, 0.3) is 0 Å². The van der Waals surface area contributed by atoms with E-state index in [9.17, 15) is 9.59 Å². The number of carbonyl (C=O) groups excluding carboxylic acids is 2. The van der Waals surface area contributed by atoms with Crippen molar-refractivity contribution in [1.29, 1.82) is 0 Å². The summed E-state index contributed by atoms with van der Waals surface area (Å²) in [5.41, 5.74) is 5.75. The van der Waals surface area contributed by atoms with Crippen molar-refractivity contribution < 1.29 is 9.59 Å². The van der Waals surface area contributed by atoms with Crippen LogP contribution in [0.25, 0.3) is 0 Å². The smallest absolute Gasteiger partial charge is 0.239 e. The highest BCUT2D eigenvalue weighted by Crippen LogP contribution is 2.41. The zero-order valence-corrected chi connectivity index (χ0v) is 14.1. The monoisotopic (exact) mass is 324 g/mol. The molecule has 0 spiro atoms. The summed E-state index contributed by atoms with van der Waals surface area (Å²) >= 11 is 1.61. The molecule has 2 rings (SSSR count). The van der Waals surface area contributed by atoms with Crippen molar-refractivity contribution in [3.8, 4) is 0 Å². The molecular formula is C15H24N4O2S. The van der Waals surface area contributed by atoms with Crippen molar-refractivity contribution in [2.45, 2.75) is 45.7 Å². The molecule has 1 unspecified atom stereocenters. The average Bonchev–Trinajstić information content (AvgIpc) is 3.22. The summed E-state index contributed by atoms with van der Waals surface area (Å²) in [6.45, 7) is 5.70. The summed E-state index contributed by atoms with van der Waals surface area (Å²) < 4.78 is 0. The van der Waals surface area contributed by atoms with Crippen LogP contribution in [0.3, 0.4) is 0 Å². The first kappa shape index (κ1) is 16.9.